The Bertz CT molecular complexity index is 754. The van der Waals surface area contributed by atoms with Crippen molar-refractivity contribution in [1.29, 1.82) is 0 Å². The fourth-order valence-electron chi connectivity index (χ4n) is 2.27. The van der Waals surface area contributed by atoms with Crippen molar-refractivity contribution in [2.45, 2.75) is 6.04 Å². The van der Waals surface area contributed by atoms with Gasteiger partial charge in [-0.3, -0.25) is 4.98 Å². The molecule has 3 rings (SSSR count). The number of hydrogen-bond donors (Lipinski definition) is 1. The van der Waals surface area contributed by atoms with E-state index in [1.54, 1.807) is 42.4 Å². The van der Waals surface area contributed by atoms with Crippen molar-refractivity contribution >= 4 is 5.52 Å². The van der Waals surface area contributed by atoms with Gasteiger partial charge in [-0.05, 0) is 24.7 Å². The molecule has 0 aliphatic carbocycles. The monoisotopic (exact) mass is 274 g/mol. The quantitative estimate of drug-likeness (QED) is 0.797. The highest BCUT2D eigenvalue weighted by Gasteiger charge is 2.18. The fraction of sp³-hybridized carbons (Fsp3) is 0.143. The van der Waals surface area contributed by atoms with Gasteiger partial charge < -0.3 is 5.32 Å². The van der Waals surface area contributed by atoms with Crippen molar-refractivity contribution in [2.24, 2.45) is 0 Å². The van der Waals surface area contributed by atoms with Crippen LogP contribution in [0.5, 0.6) is 0 Å². The van der Waals surface area contributed by atoms with E-state index < -0.39 is 11.6 Å². The van der Waals surface area contributed by atoms with Gasteiger partial charge in [-0.15, -0.1) is 0 Å². The number of rotatable bonds is 3. The van der Waals surface area contributed by atoms with Crippen LogP contribution in [0, 0.1) is 11.6 Å². The van der Waals surface area contributed by atoms with Crippen LogP contribution in [0.3, 0.4) is 0 Å². The van der Waals surface area contributed by atoms with Gasteiger partial charge in [-0.25, -0.2) is 13.3 Å². The first-order valence-corrected chi connectivity index (χ1v) is 6.10. The molecule has 102 valence electrons. The average molecular weight is 274 g/mol. The van der Waals surface area contributed by atoms with Crippen molar-refractivity contribution in [3.8, 4) is 0 Å². The van der Waals surface area contributed by atoms with Crippen molar-refractivity contribution in [3.63, 3.8) is 0 Å². The molecule has 0 aliphatic heterocycles. The number of nitrogens with one attached hydrogen (secondary N) is 1. The number of halogens is 2. The summed E-state index contributed by atoms with van der Waals surface area (Å²) < 4.78 is 28.1. The van der Waals surface area contributed by atoms with E-state index in [4.69, 9.17) is 0 Å². The third-order valence-corrected chi connectivity index (χ3v) is 3.23. The molecule has 2 heterocycles. The summed E-state index contributed by atoms with van der Waals surface area (Å²) in [5, 5.41) is 7.31. The molecule has 0 saturated heterocycles. The molecule has 2 aromatic heterocycles. The lowest BCUT2D eigenvalue weighted by atomic mass is 10.0. The van der Waals surface area contributed by atoms with Crippen LogP contribution in [0.25, 0.3) is 5.52 Å². The number of benzene rings is 1. The Hall–Kier alpha value is -2.34. The van der Waals surface area contributed by atoms with E-state index >= 15 is 0 Å². The Morgan fingerprint density at radius 1 is 1.20 bits per heavy atom. The minimum absolute atomic E-state index is 0.285. The SMILES string of the molecule is CNC(c1ccc(F)c(F)c1)c1cnn2ccncc12. The van der Waals surface area contributed by atoms with Crippen LogP contribution in [0.15, 0.2) is 43.0 Å². The Labute approximate surface area is 114 Å². The zero-order valence-electron chi connectivity index (χ0n) is 10.7. The average Bonchev–Trinajstić information content (AvgIpc) is 2.88. The molecular weight excluding hydrogens is 262 g/mol. The van der Waals surface area contributed by atoms with Crippen LogP contribution >= 0.6 is 0 Å². The highest BCUT2D eigenvalue weighted by atomic mass is 19.2. The highest BCUT2D eigenvalue weighted by Crippen LogP contribution is 2.26. The van der Waals surface area contributed by atoms with E-state index in [0.717, 1.165) is 17.1 Å². The van der Waals surface area contributed by atoms with Gasteiger partial charge in [0.2, 0.25) is 0 Å². The largest absolute Gasteiger partial charge is 0.309 e. The van der Waals surface area contributed by atoms with Gasteiger partial charge in [0, 0.05) is 18.0 Å². The van der Waals surface area contributed by atoms with Gasteiger partial charge in [-0.2, -0.15) is 5.10 Å². The molecule has 0 bridgehead atoms. The van der Waals surface area contributed by atoms with Crippen LogP contribution in [0.1, 0.15) is 17.2 Å². The number of nitrogens with zero attached hydrogens (tertiary/aromatic N) is 3. The van der Waals surface area contributed by atoms with Gasteiger partial charge in [-0.1, -0.05) is 6.07 Å². The summed E-state index contributed by atoms with van der Waals surface area (Å²) in [6.45, 7) is 0. The topological polar surface area (TPSA) is 42.2 Å². The van der Waals surface area contributed by atoms with Gasteiger partial charge in [0.15, 0.2) is 11.6 Å². The fourth-order valence-corrected chi connectivity index (χ4v) is 2.27. The van der Waals surface area contributed by atoms with E-state index in [2.05, 4.69) is 15.4 Å². The summed E-state index contributed by atoms with van der Waals surface area (Å²) in [5.74, 6) is -1.72. The molecule has 4 nitrogen and oxygen atoms in total. The minimum atomic E-state index is -0.864. The molecule has 6 heteroatoms. The van der Waals surface area contributed by atoms with E-state index in [-0.39, 0.29) is 6.04 Å². The second kappa shape index (κ2) is 4.97. The van der Waals surface area contributed by atoms with Gasteiger partial charge >= 0.3 is 0 Å². The summed E-state index contributed by atoms with van der Waals surface area (Å²) in [4.78, 5) is 4.07. The molecule has 0 aliphatic rings. The second-order valence-electron chi connectivity index (χ2n) is 4.40. The molecule has 1 atom stereocenters. The summed E-state index contributed by atoms with van der Waals surface area (Å²) in [6.07, 6.45) is 6.75. The summed E-state index contributed by atoms with van der Waals surface area (Å²) >= 11 is 0. The molecule has 1 unspecified atom stereocenters. The van der Waals surface area contributed by atoms with E-state index in [1.165, 1.54) is 6.07 Å². The summed E-state index contributed by atoms with van der Waals surface area (Å²) in [6, 6.07) is 3.58. The highest BCUT2D eigenvalue weighted by molar-refractivity contribution is 5.55. The van der Waals surface area contributed by atoms with Gasteiger partial charge in [0.1, 0.15) is 0 Å². The standard InChI is InChI=1S/C14H12F2N4/c1-17-14(9-2-3-11(15)12(16)6-9)10-7-19-20-5-4-18-8-13(10)20/h2-8,14,17H,1H3. The van der Waals surface area contributed by atoms with Gasteiger partial charge in [0.25, 0.3) is 0 Å². The Morgan fingerprint density at radius 2 is 2.05 bits per heavy atom. The zero-order chi connectivity index (χ0) is 14.1. The minimum Gasteiger partial charge on any atom is -0.309 e. The molecule has 0 spiro atoms. The molecule has 0 fully saturated rings. The van der Waals surface area contributed by atoms with Crippen molar-refractivity contribution in [3.05, 3.63) is 65.7 Å². The lowest BCUT2D eigenvalue weighted by Crippen LogP contribution is -2.17. The van der Waals surface area contributed by atoms with Crippen LogP contribution < -0.4 is 5.32 Å². The second-order valence-corrected chi connectivity index (χ2v) is 4.40. The first-order chi connectivity index (χ1) is 9.70. The molecule has 0 radical (unpaired) electrons. The third-order valence-electron chi connectivity index (χ3n) is 3.23. The van der Waals surface area contributed by atoms with Crippen molar-refractivity contribution in [1.82, 2.24) is 19.9 Å². The molecule has 1 aromatic carbocycles. The maximum atomic E-state index is 13.4. The maximum Gasteiger partial charge on any atom is 0.159 e. The first kappa shape index (κ1) is 12.7. The molecule has 0 amide bonds. The van der Waals surface area contributed by atoms with Crippen LogP contribution in [-0.2, 0) is 0 Å². The summed E-state index contributed by atoms with van der Waals surface area (Å²) in [7, 11) is 1.76. The van der Waals surface area contributed by atoms with E-state index in [9.17, 15) is 8.78 Å². The lowest BCUT2D eigenvalue weighted by Gasteiger charge is -2.15. The van der Waals surface area contributed by atoms with Crippen LogP contribution in [0.4, 0.5) is 8.78 Å². The number of hydrogen-bond acceptors (Lipinski definition) is 3. The summed E-state index contributed by atoms with van der Waals surface area (Å²) in [5.41, 5.74) is 2.30. The molecule has 3 aromatic rings. The predicted octanol–water partition coefficient (Wildman–Crippen LogP) is 2.32. The normalized spacial score (nSPS) is 12.8. The molecule has 1 N–H and O–H groups in total. The van der Waals surface area contributed by atoms with E-state index in [0.29, 0.717) is 5.56 Å². The molecule has 20 heavy (non-hydrogen) atoms. The third kappa shape index (κ3) is 2.04. The lowest BCUT2D eigenvalue weighted by molar-refractivity contribution is 0.505. The predicted molar refractivity (Wildman–Crippen MR) is 70.2 cm³/mol. The van der Waals surface area contributed by atoms with E-state index in [1.807, 2.05) is 0 Å². The Morgan fingerprint density at radius 3 is 2.80 bits per heavy atom. The number of aromatic nitrogens is 3. The van der Waals surface area contributed by atoms with Crippen molar-refractivity contribution in [2.75, 3.05) is 7.05 Å². The van der Waals surface area contributed by atoms with Crippen LogP contribution in [-0.4, -0.2) is 21.6 Å². The Kier molecular flexibility index (Phi) is 3.15. The van der Waals surface area contributed by atoms with Crippen LogP contribution in [0.2, 0.25) is 0 Å². The molecule has 0 saturated carbocycles. The smallest absolute Gasteiger partial charge is 0.159 e. The zero-order valence-corrected chi connectivity index (χ0v) is 10.7. The molecular formula is C14H12F2N4. The van der Waals surface area contributed by atoms with Crippen molar-refractivity contribution < 1.29 is 8.78 Å². The number of fused-ring (bicyclic) bond motifs is 1. The Balaban J connectivity index is 2.11. The maximum absolute atomic E-state index is 13.4. The first-order valence-electron chi connectivity index (χ1n) is 6.10. The van der Waals surface area contributed by atoms with Gasteiger partial charge in [0.05, 0.1) is 24.0 Å².